The number of hydrogen-bond donors (Lipinski definition) is 1. The van der Waals surface area contributed by atoms with E-state index in [1.165, 1.54) is 0 Å². The molecule has 5 heteroatoms. The third kappa shape index (κ3) is 1.56. The number of nitrogen functional groups attached to an aromatic ring is 1. The van der Waals surface area contributed by atoms with Crippen molar-refractivity contribution in [3.8, 4) is 22.6 Å². The van der Waals surface area contributed by atoms with Gasteiger partial charge in [0.05, 0.1) is 26.0 Å². The summed E-state index contributed by atoms with van der Waals surface area (Å²) in [6, 6.07) is 5.53. The summed E-state index contributed by atoms with van der Waals surface area (Å²) in [4.78, 5) is 0. The molecule has 1 aromatic heterocycles. The maximum Gasteiger partial charge on any atom is 0.230 e. The number of rotatable bonds is 3. The zero-order valence-electron chi connectivity index (χ0n) is 9.06. The highest BCUT2D eigenvalue weighted by Crippen LogP contribution is 2.39. The fourth-order valence-electron chi connectivity index (χ4n) is 1.55. The van der Waals surface area contributed by atoms with Gasteiger partial charge in [-0.25, -0.2) is 0 Å². The molecule has 1 aromatic carbocycles. The average molecular weight is 220 g/mol. The predicted molar refractivity (Wildman–Crippen MR) is 59.5 cm³/mol. The van der Waals surface area contributed by atoms with Gasteiger partial charge in [0, 0.05) is 5.56 Å². The molecule has 0 unspecified atom stereocenters. The van der Waals surface area contributed by atoms with Crippen LogP contribution in [0.3, 0.4) is 0 Å². The van der Waals surface area contributed by atoms with E-state index in [0.717, 1.165) is 5.56 Å². The first-order chi connectivity index (χ1) is 7.77. The van der Waals surface area contributed by atoms with Gasteiger partial charge in [0.25, 0.3) is 0 Å². The van der Waals surface area contributed by atoms with Crippen molar-refractivity contribution < 1.29 is 14.0 Å². The lowest BCUT2D eigenvalue weighted by Gasteiger charge is -2.11. The van der Waals surface area contributed by atoms with E-state index in [1.54, 1.807) is 20.4 Å². The first-order valence-electron chi connectivity index (χ1n) is 4.69. The van der Waals surface area contributed by atoms with Crippen molar-refractivity contribution in [1.82, 2.24) is 5.16 Å². The van der Waals surface area contributed by atoms with E-state index in [1.807, 2.05) is 18.2 Å². The number of anilines is 1. The second-order valence-electron chi connectivity index (χ2n) is 3.14. The number of para-hydroxylation sites is 1. The van der Waals surface area contributed by atoms with Gasteiger partial charge in [-0.05, 0) is 6.07 Å². The molecule has 0 atom stereocenters. The molecule has 16 heavy (non-hydrogen) atoms. The molecule has 0 radical (unpaired) electrons. The summed E-state index contributed by atoms with van der Waals surface area (Å²) in [6.07, 6.45) is 1.55. The van der Waals surface area contributed by atoms with Gasteiger partial charge < -0.3 is 19.7 Å². The maximum absolute atomic E-state index is 5.66. The molecule has 0 spiro atoms. The number of nitrogens with two attached hydrogens (primary N) is 1. The molecule has 0 bridgehead atoms. The van der Waals surface area contributed by atoms with Crippen LogP contribution in [0.1, 0.15) is 0 Å². The number of methoxy groups -OCH3 is 2. The van der Waals surface area contributed by atoms with Gasteiger partial charge in [-0.1, -0.05) is 17.3 Å². The van der Waals surface area contributed by atoms with Crippen LogP contribution in [0.25, 0.3) is 11.1 Å². The molecule has 2 rings (SSSR count). The summed E-state index contributed by atoms with van der Waals surface area (Å²) >= 11 is 0. The van der Waals surface area contributed by atoms with Crippen molar-refractivity contribution in [2.75, 3.05) is 20.0 Å². The maximum atomic E-state index is 5.66. The number of benzene rings is 1. The van der Waals surface area contributed by atoms with E-state index >= 15 is 0 Å². The van der Waals surface area contributed by atoms with Gasteiger partial charge >= 0.3 is 0 Å². The Morgan fingerprint density at radius 2 is 2.00 bits per heavy atom. The molecule has 0 aliphatic rings. The molecular formula is C11H12N2O3. The van der Waals surface area contributed by atoms with Gasteiger partial charge in [-0.3, -0.25) is 0 Å². The fraction of sp³-hybridized carbons (Fsp3) is 0.182. The summed E-state index contributed by atoms with van der Waals surface area (Å²) in [7, 11) is 3.16. The highest BCUT2D eigenvalue weighted by molar-refractivity contribution is 5.79. The Kier molecular flexibility index (Phi) is 2.68. The molecule has 0 saturated heterocycles. The van der Waals surface area contributed by atoms with Crippen LogP contribution in [0, 0.1) is 0 Å². The van der Waals surface area contributed by atoms with E-state index in [9.17, 15) is 0 Å². The van der Waals surface area contributed by atoms with E-state index in [2.05, 4.69) is 5.16 Å². The number of ether oxygens (including phenoxy) is 2. The Morgan fingerprint density at radius 1 is 1.19 bits per heavy atom. The minimum atomic E-state index is 0.256. The van der Waals surface area contributed by atoms with Crippen LogP contribution >= 0.6 is 0 Å². The van der Waals surface area contributed by atoms with E-state index in [-0.39, 0.29) is 5.88 Å². The topological polar surface area (TPSA) is 70.5 Å². The Morgan fingerprint density at radius 3 is 2.56 bits per heavy atom. The van der Waals surface area contributed by atoms with Gasteiger partial charge in [0.2, 0.25) is 5.88 Å². The van der Waals surface area contributed by atoms with Gasteiger partial charge in [-0.2, -0.15) is 0 Å². The fourth-order valence-corrected chi connectivity index (χ4v) is 1.55. The second-order valence-corrected chi connectivity index (χ2v) is 3.14. The van der Waals surface area contributed by atoms with Crippen LogP contribution in [0.15, 0.2) is 28.9 Å². The Hall–Kier alpha value is -2.17. The molecule has 0 amide bonds. The van der Waals surface area contributed by atoms with Crippen molar-refractivity contribution in [3.05, 3.63) is 24.4 Å². The van der Waals surface area contributed by atoms with Crippen LogP contribution in [0.5, 0.6) is 11.5 Å². The monoisotopic (exact) mass is 220 g/mol. The van der Waals surface area contributed by atoms with Crippen molar-refractivity contribution in [2.45, 2.75) is 0 Å². The van der Waals surface area contributed by atoms with Crippen molar-refractivity contribution >= 4 is 5.88 Å². The Labute approximate surface area is 92.8 Å². The molecule has 2 N–H and O–H groups in total. The molecule has 0 fully saturated rings. The third-order valence-electron chi connectivity index (χ3n) is 2.29. The van der Waals surface area contributed by atoms with Crippen LogP contribution in [-0.2, 0) is 0 Å². The summed E-state index contributed by atoms with van der Waals surface area (Å²) in [5, 5.41) is 3.63. The van der Waals surface area contributed by atoms with Crippen molar-refractivity contribution in [2.24, 2.45) is 0 Å². The lowest BCUT2D eigenvalue weighted by atomic mass is 10.1. The third-order valence-corrected chi connectivity index (χ3v) is 2.29. The Balaban J connectivity index is 2.61. The molecule has 0 saturated carbocycles. The molecule has 0 aliphatic carbocycles. The minimum absolute atomic E-state index is 0.256. The molecular weight excluding hydrogens is 208 g/mol. The highest BCUT2D eigenvalue weighted by atomic mass is 16.5. The zero-order valence-corrected chi connectivity index (χ0v) is 9.06. The van der Waals surface area contributed by atoms with E-state index < -0.39 is 0 Å². The molecule has 5 nitrogen and oxygen atoms in total. The smallest absolute Gasteiger partial charge is 0.230 e. The van der Waals surface area contributed by atoms with Crippen LogP contribution in [-0.4, -0.2) is 19.4 Å². The summed E-state index contributed by atoms with van der Waals surface area (Å²) in [5.74, 6) is 1.51. The van der Waals surface area contributed by atoms with Crippen LogP contribution in [0.2, 0.25) is 0 Å². The molecule has 84 valence electrons. The van der Waals surface area contributed by atoms with Gasteiger partial charge in [0.15, 0.2) is 11.5 Å². The minimum Gasteiger partial charge on any atom is -0.493 e. The average Bonchev–Trinajstić information content (AvgIpc) is 2.74. The van der Waals surface area contributed by atoms with Gasteiger partial charge in [0.1, 0.15) is 0 Å². The lowest BCUT2D eigenvalue weighted by molar-refractivity contribution is 0.356. The summed E-state index contributed by atoms with van der Waals surface area (Å²) < 4.78 is 15.3. The number of hydrogen-bond acceptors (Lipinski definition) is 5. The zero-order chi connectivity index (χ0) is 11.5. The number of nitrogens with zero attached hydrogens (tertiary/aromatic N) is 1. The first kappa shape index (κ1) is 10.4. The SMILES string of the molecule is COc1cccc(-c2cnoc2N)c1OC. The quantitative estimate of drug-likeness (QED) is 0.855. The first-order valence-corrected chi connectivity index (χ1v) is 4.69. The van der Waals surface area contributed by atoms with Crippen molar-refractivity contribution in [1.29, 1.82) is 0 Å². The number of aromatic nitrogens is 1. The molecule has 0 aliphatic heterocycles. The standard InChI is InChI=1S/C11H12N2O3/c1-14-9-5-3-4-7(10(9)15-2)8-6-13-16-11(8)12/h3-6H,12H2,1-2H3. The summed E-state index contributed by atoms with van der Waals surface area (Å²) in [5.41, 5.74) is 7.14. The predicted octanol–water partition coefficient (Wildman–Crippen LogP) is 1.94. The van der Waals surface area contributed by atoms with E-state index in [0.29, 0.717) is 17.1 Å². The Bertz CT molecular complexity index is 494. The molecule has 1 heterocycles. The largest absolute Gasteiger partial charge is 0.493 e. The van der Waals surface area contributed by atoms with Crippen LogP contribution in [0.4, 0.5) is 5.88 Å². The second kappa shape index (κ2) is 4.14. The molecule has 2 aromatic rings. The van der Waals surface area contributed by atoms with Crippen LogP contribution < -0.4 is 15.2 Å². The summed E-state index contributed by atoms with van der Waals surface area (Å²) in [6.45, 7) is 0. The van der Waals surface area contributed by atoms with Gasteiger partial charge in [-0.15, -0.1) is 0 Å². The lowest BCUT2D eigenvalue weighted by Crippen LogP contribution is -1.94. The van der Waals surface area contributed by atoms with Crippen molar-refractivity contribution in [3.63, 3.8) is 0 Å². The van der Waals surface area contributed by atoms with E-state index in [4.69, 9.17) is 19.7 Å². The highest BCUT2D eigenvalue weighted by Gasteiger charge is 2.15. The normalized spacial score (nSPS) is 10.1.